The smallest absolute Gasteiger partial charge is 0.0713 e. The first-order chi connectivity index (χ1) is 28.5. The van der Waals surface area contributed by atoms with Crippen molar-refractivity contribution in [2.75, 3.05) is 10.6 Å². The molecule has 10 aromatic rings. The molecular weight excluding hydrogens is 701 g/mol. The first-order valence-corrected chi connectivity index (χ1v) is 20.2. The molecule has 0 atom stereocenters. The predicted molar refractivity (Wildman–Crippen MR) is 247 cm³/mol. The summed E-state index contributed by atoms with van der Waals surface area (Å²) in [5.41, 5.74) is 17.7. The zero-order valence-electron chi connectivity index (χ0n) is 32.9. The molecule has 58 heavy (non-hydrogen) atoms. The summed E-state index contributed by atoms with van der Waals surface area (Å²) >= 11 is 0. The zero-order chi connectivity index (χ0) is 39.0. The SMILES string of the molecule is Cc1cccc(Nc2ccc3ccc4c(Nc5cccc(C)c5)c(-c5cccc(C6(c7cccc(C)c7)c7ccccc7-c7ccccc76)c5)cc5ccc2c3c54)c1. The Bertz CT molecular complexity index is 3180. The Morgan fingerprint density at radius 1 is 0.379 bits per heavy atom. The van der Waals surface area contributed by atoms with Gasteiger partial charge in [0.2, 0.25) is 0 Å². The van der Waals surface area contributed by atoms with Crippen molar-refractivity contribution in [3.05, 3.63) is 227 Å². The molecule has 276 valence electrons. The van der Waals surface area contributed by atoms with Gasteiger partial charge in [0.1, 0.15) is 0 Å². The molecule has 2 N–H and O–H groups in total. The van der Waals surface area contributed by atoms with E-state index in [0.717, 1.165) is 22.7 Å². The summed E-state index contributed by atoms with van der Waals surface area (Å²) < 4.78 is 0. The molecule has 0 fully saturated rings. The first kappa shape index (κ1) is 34.1. The molecule has 0 radical (unpaired) electrons. The van der Waals surface area contributed by atoms with E-state index in [4.69, 9.17) is 0 Å². The lowest BCUT2D eigenvalue weighted by Crippen LogP contribution is -2.28. The van der Waals surface area contributed by atoms with Gasteiger partial charge in [-0.3, -0.25) is 0 Å². The second-order valence-corrected chi connectivity index (χ2v) is 16.1. The van der Waals surface area contributed by atoms with E-state index in [1.165, 1.54) is 93.5 Å². The van der Waals surface area contributed by atoms with Gasteiger partial charge in [-0.25, -0.2) is 0 Å². The maximum atomic E-state index is 3.98. The molecule has 0 amide bonds. The lowest BCUT2D eigenvalue weighted by atomic mass is 9.67. The summed E-state index contributed by atoms with van der Waals surface area (Å²) in [5.74, 6) is 0. The normalized spacial score (nSPS) is 12.9. The number of aryl methyl sites for hydroxylation is 3. The molecule has 10 aromatic carbocycles. The Balaban J connectivity index is 1.17. The quantitative estimate of drug-likeness (QED) is 0.159. The van der Waals surface area contributed by atoms with Crippen LogP contribution in [0.1, 0.15) is 38.9 Å². The van der Waals surface area contributed by atoms with Crippen LogP contribution in [0, 0.1) is 20.8 Å². The van der Waals surface area contributed by atoms with Crippen LogP contribution in [0.2, 0.25) is 0 Å². The van der Waals surface area contributed by atoms with E-state index >= 15 is 0 Å². The number of fused-ring (bicyclic) bond motifs is 3. The minimum Gasteiger partial charge on any atom is -0.355 e. The van der Waals surface area contributed by atoms with Crippen LogP contribution in [0.15, 0.2) is 188 Å². The average molecular weight is 743 g/mol. The van der Waals surface area contributed by atoms with Crippen molar-refractivity contribution in [1.82, 2.24) is 0 Å². The third kappa shape index (κ3) is 5.26. The number of hydrogen-bond acceptors (Lipinski definition) is 2. The van der Waals surface area contributed by atoms with Crippen molar-refractivity contribution < 1.29 is 0 Å². The third-order valence-corrected chi connectivity index (χ3v) is 12.4. The Morgan fingerprint density at radius 3 is 1.62 bits per heavy atom. The van der Waals surface area contributed by atoms with Gasteiger partial charge in [0, 0.05) is 33.4 Å². The van der Waals surface area contributed by atoms with E-state index in [-0.39, 0.29) is 0 Å². The third-order valence-electron chi connectivity index (χ3n) is 12.4. The van der Waals surface area contributed by atoms with E-state index in [1.54, 1.807) is 0 Å². The lowest BCUT2D eigenvalue weighted by Gasteiger charge is -2.34. The van der Waals surface area contributed by atoms with Crippen LogP contribution in [0.3, 0.4) is 0 Å². The highest BCUT2D eigenvalue weighted by Gasteiger charge is 2.46. The van der Waals surface area contributed by atoms with E-state index in [1.807, 2.05) is 0 Å². The maximum Gasteiger partial charge on any atom is 0.0713 e. The van der Waals surface area contributed by atoms with Gasteiger partial charge >= 0.3 is 0 Å². The van der Waals surface area contributed by atoms with E-state index in [0.29, 0.717) is 0 Å². The summed E-state index contributed by atoms with van der Waals surface area (Å²) in [4.78, 5) is 0. The Morgan fingerprint density at radius 2 is 0.931 bits per heavy atom. The summed E-state index contributed by atoms with van der Waals surface area (Å²) in [5, 5.41) is 15.2. The van der Waals surface area contributed by atoms with Crippen molar-refractivity contribution in [1.29, 1.82) is 0 Å². The Kier molecular flexibility index (Phi) is 7.78. The van der Waals surface area contributed by atoms with Crippen LogP contribution in [0.5, 0.6) is 0 Å². The number of nitrogens with one attached hydrogen (secondary N) is 2. The van der Waals surface area contributed by atoms with Crippen LogP contribution < -0.4 is 10.6 Å². The largest absolute Gasteiger partial charge is 0.355 e. The summed E-state index contributed by atoms with van der Waals surface area (Å²) in [6.45, 7) is 6.50. The van der Waals surface area contributed by atoms with Gasteiger partial charge in [0.05, 0.1) is 11.1 Å². The lowest BCUT2D eigenvalue weighted by molar-refractivity contribution is 0.767. The van der Waals surface area contributed by atoms with Crippen molar-refractivity contribution in [3.63, 3.8) is 0 Å². The molecule has 1 aliphatic rings. The second-order valence-electron chi connectivity index (χ2n) is 16.1. The number of anilines is 4. The first-order valence-electron chi connectivity index (χ1n) is 20.2. The van der Waals surface area contributed by atoms with Gasteiger partial charge in [-0.2, -0.15) is 0 Å². The molecule has 2 nitrogen and oxygen atoms in total. The fourth-order valence-corrected chi connectivity index (χ4v) is 9.92. The van der Waals surface area contributed by atoms with Crippen molar-refractivity contribution in [2.45, 2.75) is 26.2 Å². The minimum absolute atomic E-state index is 0.490. The highest BCUT2D eigenvalue weighted by atomic mass is 14.9. The van der Waals surface area contributed by atoms with Gasteiger partial charge in [-0.1, -0.05) is 151 Å². The molecule has 0 bridgehead atoms. The number of rotatable bonds is 7. The molecule has 0 unspecified atom stereocenters. The van der Waals surface area contributed by atoms with Crippen LogP contribution in [0.25, 0.3) is 54.6 Å². The van der Waals surface area contributed by atoms with Gasteiger partial charge in [-0.15, -0.1) is 0 Å². The Labute approximate surface area is 339 Å². The number of hydrogen-bond donors (Lipinski definition) is 2. The summed E-state index contributed by atoms with van der Waals surface area (Å²) in [6.07, 6.45) is 0. The van der Waals surface area contributed by atoms with Crippen LogP contribution in [-0.4, -0.2) is 0 Å². The molecule has 11 rings (SSSR count). The standard InChI is InChI=1S/C56H42N2/c1-35-12-8-16-41(30-35)56(50-22-6-4-20-45(50)46-21-5-7-23-51(46)56)42-17-11-15-39(33-42)49-34-40-25-27-47-52(57-43-18-9-13-36(2)31-43)29-26-38-24-28-48(54(40)53(38)47)55(49)58-44-19-10-14-37(3)32-44/h4-34,57-58H,1-3H3. The van der Waals surface area contributed by atoms with E-state index in [9.17, 15) is 0 Å². The fraction of sp³-hybridized carbons (Fsp3) is 0.0714. The van der Waals surface area contributed by atoms with Crippen molar-refractivity contribution in [3.8, 4) is 22.3 Å². The molecule has 0 aromatic heterocycles. The van der Waals surface area contributed by atoms with E-state index < -0.39 is 5.41 Å². The Hall–Kier alpha value is -7.16. The summed E-state index contributed by atoms with van der Waals surface area (Å²) in [6, 6.07) is 69.9. The monoisotopic (exact) mass is 742 g/mol. The van der Waals surface area contributed by atoms with E-state index in [2.05, 4.69) is 219 Å². The molecule has 0 heterocycles. The highest BCUT2D eigenvalue weighted by molar-refractivity contribution is 6.29. The molecule has 0 aliphatic heterocycles. The summed E-state index contributed by atoms with van der Waals surface area (Å²) in [7, 11) is 0. The second kappa shape index (κ2) is 13.2. The molecule has 1 aliphatic carbocycles. The topological polar surface area (TPSA) is 24.1 Å². The highest BCUT2D eigenvalue weighted by Crippen LogP contribution is 2.57. The average Bonchev–Trinajstić information content (AvgIpc) is 3.55. The van der Waals surface area contributed by atoms with Crippen LogP contribution in [0.4, 0.5) is 22.7 Å². The molecule has 0 spiro atoms. The number of benzene rings is 10. The predicted octanol–water partition coefficient (Wildman–Crippen LogP) is 15.0. The van der Waals surface area contributed by atoms with Crippen molar-refractivity contribution >= 4 is 55.1 Å². The minimum atomic E-state index is -0.490. The van der Waals surface area contributed by atoms with Crippen LogP contribution >= 0.6 is 0 Å². The van der Waals surface area contributed by atoms with Gasteiger partial charge in [-0.05, 0) is 135 Å². The molecule has 0 saturated heterocycles. The van der Waals surface area contributed by atoms with Gasteiger partial charge < -0.3 is 10.6 Å². The molecule has 0 saturated carbocycles. The van der Waals surface area contributed by atoms with Crippen molar-refractivity contribution in [2.24, 2.45) is 0 Å². The molecular formula is C56H42N2. The van der Waals surface area contributed by atoms with Crippen LogP contribution in [-0.2, 0) is 5.41 Å². The van der Waals surface area contributed by atoms with Gasteiger partial charge in [0.15, 0.2) is 0 Å². The fourth-order valence-electron chi connectivity index (χ4n) is 9.92. The van der Waals surface area contributed by atoms with Gasteiger partial charge in [0.25, 0.3) is 0 Å². The zero-order valence-corrected chi connectivity index (χ0v) is 32.9. The maximum absolute atomic E-state index is 3.98. The molecule has 2 heteroatoms.